The fourth-order valence-electron chi connectivity index (χ4n) is 2.51. The van der Waals surface area contributed by atoms with Gasteiger partial charge in [0.1, 0.15) is 12.4 Å². The van der Waals surface area contributed by atoms with E-state index in [4.69, 9.17) is 18.8 Å². The fraction of sp³-hybridized carbons (Fsp3) is 0.421. The van der Waals surface area contributed by atoms with Crippen molar-refractivity contribution in [2.45, 2.75) is 45.5 Å². The molecule has 5 nitrogen and oxygen atoms in total. The van der Waals surface area contributed by atoms with Crippen molar-refractivity contribution in [3.63, 3.8) is 0 Å². The fourth-order valence-corrected chi connectivity index (χ4v) is 2.51. The van der Waals surface area contributed by atoms with Gasteiger partial charge < -0.3 is 18.8 Å². The van der Waals surface area contributed by atoms with Gasteiger partial charge >= 0.3 is 7.12 Å². The predicted octanol–water partition coefficient (Wildman–Crippen LogP) is 2.97. The first kappa shape index (κ1) is 17.8. The van der Waals surface area contributed by atoms with Crippen LogP contribution in [-0.2, 0) is 15.9 Å². The zero-order chi connectivity index (χ0) is 18.1. The van der Waals surface area contributed by atoms with E-state index in [1.807, 2.05) is 64.1 Å². The summed E-state index contributed by atoms with van der Waals surface area (Å²) in [5.41, 5.74) is 1.21. The SMILES string of the molecule is COc1ccc(COc2cc(B3OC(C)(C)C(C)(C)O3)ccn2)cc1. The molecule has 0 aliphatic carbocycles. The second-order valence-corrected chi connectivity index (χ2v) is 7.15. The van der Waals surface area contributed by atoms with Gasteiger partial charge in [-0.2, -0.15) is 0 Å². The van der Waals surface area contributed by atoms with Crippen LogP contribution in [0.15, 0.2) is 42.6 Å². The first-order valence-corrected chi connectivity index (χ1v) is 8.38. The Morgan fingerprint density at radius 2 is 1.64 bits per heavy atom. The maximum atomic E-state index is 6.07. The lowest BCUT2D eigenvalue weighted by Gasteiger charge is -2.32. The molecule has 25 heavy (non-hydrogen) atoms. The molecular formula is C19H24BNO4. The van der Waals surface area contributed by atoms with Gasteiger partial charge in [-0.1, -0.05) is 12.1 Å². The molecule has 2 heterocycles. The molecule has 0 N–H and O–H groups in total. The lowest BCUT2D eigenvalue weighted by molar-refractivity contribution is 0.00578. The molecule has 0 saturated carbocycles. The molecule has 0 bridgehead atoms. The molecule has 0 unspecified atom stereocenters. The Morgan fingerprint density at radius 3 is 2.24 bits per heavy atom. The maximum absolute atomic E-state index is 6.07. The highest BCUT2D eigenvalue weighted by atomic mass is 16.7. The number of aromatic nitrogens is 1. The summed E-state index contributed by atoms with van der Waals surface area (Å²) in [7, 11) is 1.23. The van der Waals surface area contributed by atoms with Crippen LogP contribution in [-0.4, -0.2) is 30.4 Å². The van der Waals surface area contributed by atoms with Crippen LogP contribution in [0.1, 0.15) is 33.3 Å². The molecule has 0 radical (unpaired) electrons. The summed E-state index contributed by atoms with van der Waals surface area (Å²) in [5, 5.41) is 0. The summed E-state index contributed by atoms with van der Waals surface area (Å²) in [5.74, 6) is 1.37. The van der Waals surface area contributed by atoms with Crippen molar-refractivity contribution < 1.29 is 18.8 Å². The van der Waals surface area contributed by atoms with Gasteiger partial charge in [-0.05, 0) is 56.9 Å². The topological polar surface area (TPSA) is 49.8 Å². The van der Waals surface area contributed by atoms with E-state index in [2.05, 4.69) is 4.98 Å². The summed E-state index contributed by atoms with van der Waals surface area (Å²) >= 11 is 0. The number of hydrogen-bond acceptors (Lipinski definition) is 5. The Morgan fingerprint density at radius 1 is 1.00 bits per heavy atom. The summed E-state index contributed by atoms with van der Waals surface area (Å²) in [6, 6.07) is 11.5. The van der Waals surface area contributed by atoms with E-state index in [0.29, 0.717) is 12.5 Å². The quantitative estimate of drug-likeness (QED) is 0.783. The molecule has 0 spiro atoms. The number of pyridine rings is 1. The third kappa shape index (κ3) is 3.80. The van der Waals surface area contributed by atoms with Crippen molar-refractivity contribution >= 4 is 12.6 Å². The molecule has 132 valence electrons. The minimum atomic E-state index is -0.420. The van der Waals surface area contributed by atoms with Gasteiger partial charge in [0.05, 0.1) is 18.3 Å². The van der Waals surface area contributed by atoms with E-state index in [9.17, 15) is 0 Å². The highest BCUT2D eigenvalue weighted by Gasteiger charge is 2.51. The zero-order valence-electron chi connectivity index (χ0n) is 15.4. The first-order chi connectivity index (χ1) is 11.8. The van der Waals surface area contributed by atoms with E-state index in [0.717, 1.165) is 16.8 Å². The third-order valence-electron chi connectivity index (χ3n) is 4.83. The lowest BCUT2D eigenvalue weighted by atomic mass is 9.80. The van der Waals surface area contributed by atoms with Crippen LogP contribution in [0.3, 0.4) is 0 Å². The normalized spacial score (nSPS) is 18.2. The molecule has 6 heteroatoms. The van der Waals surface area contributed by atoms with E-state index < -0.39 is 7.12 Å². The zero-order valence-corrected chi connectivity index (χ0v) is 15.4. The number of rotatable bonds is 5. The van der Waals surface area contributed by atoms with E-state index in [1.54, 1.807) is 13.3 Å². The summed E-state index contributed by atoms with van der Waals surface area (Å²) < 4.78 is 23.1. The van der Waals surface area contributed by atoms with Crippen molar-refractivity contribution in [1.29, 1.82) is 0 Å². The second-order valence-electron chi connectivity index (χ2n) is 7.15. The molecule has 0 amide bonds. The number of hydrogen-bond donors (Lipinski definition) is 0. The largest absolute Gasteiger partial charge is 0.497 e. The first-order valence-electron chi connectivity index (χ1n) is 8.38. The van der Waals surface area contributed by atoms with Crippen LogP contribution in [0.5, 0.6) is 11.6 Å². The van der Waals surface area contributed by atoms with Gasteiger partial charge in [0.15, 0.2) is 0 Å². The maximum Gasteiger partial charge on any atom is 0.495 e. The number of methoxy groups -OCH3 is 1. The summed E-state index contributed by atoms with van der Waals surface area (Å²) in [6.45, 7) is 8.58. The van der Waals surface area contributed by atoms with Gasteiger partial charge in [-0.3, -0.25) is 0 Å². The Bertz CT molecular complexity index is 714. The van der Waals surface area contributed by atoms with Crippen LogP contribution in [0, 0.1) is 0 Å². The molecule has 1 aliphatic heterocycles. The molecular weight excluding hydrogens is 317 g/mol. The van der Waals surface area contributed by atoms with Gasteiger partial charge in [0.25, 0.3) is 0 Å². The van der Waals surface area contributed by atoms with Crippen molar-refractivity contribution in [2.75, 3.05) is 7.11 Å². The molecule has 1 aromatic heterocycles. The lowest BCUT2D eigenvalue weighted by Crippen LogP contribution is -2.41. The van der Waals surface area contributed by atoms with Crippen LogP contribution >= 0.6 is 0 Å². The smallest absolute Gasteiger partial charge is 0.495 e. The van der Waals surface area contributed by atoms with Gasteiger partial charge in [-0.25, -0.2) is 4.98 Å². The van der Waals surface area contributed by atoms with Gasteiger partial charge in [0.2, 0.25) is 5.88 Å². The van der Waals surface area contributed by atoms with E-state index in [1.165, 1.54) is 0 Å². The average molecular weight is 341 g/mol. The summed E-state index contributed by atoms with van der Waals surface area (Å²) in [6.07, 6.45) is 1.71. The van der Waals surface area contributed by atoms with Gasteiger partial charge in [-0.15, -0.1) is 0 Å². The molecule has 0 atom stereocenters. The number of benzene rings is 1. The van der Waals surface area contributed by atoms with Crippen molar-refractivity contribution in [1.82, 2.24) is 4.98 Å². The van der Waals surface area contributed by atoms with E-state index >= 15 is 0 Å². The van der Waals surface area contributed by atoms with Crippen molar-refractivity contribution in [3.05, 3.63) is 48.2 Å². The van der Waals surface area contributed by atoms with E-state index in [-0.39, 0.29) is 11.2 Å². The molecule has 1 fully saturated rings. The minimum absolute atomic E-state index is 0.370. The van der Waals surface area contributed by atoms with Crippen LogP contribution < -0.4 is 14.9 Å². The Hall–Kier alpha value is -2.05. The average Bonchev–Trinajstić information content (AvgIpc) is 2.81. The Balaban J connectivity index is 1.67. The second kappa shape index (κ2) is 6.69. The number of ether oxygens (including phenoxy) is 2. The number of nitrogens with zero attached hydrogens (tertiary/aromatic N) is 1. The van der Waals surface area contributed by atoms with Crippen LogP contribution in [0.25, 0.3) is 0 Å². The molecule has 1 aliphatic rings. The Labute approximate surface area is 149 Å². The van der Waals surface area contributed by atoms with Crippen molar-refractivity contribution in [3.8, 4) is 11.6 Å². The van der Waals surface area contributed by atoms with Gasteiger partial charge in [0, 0.05) is 12.3 Å². The van der Waals surface area contributed by atoms with Crippen LogP contribution in [0.2, 0.25) is 0 Å². The highest BCUT2D eigenvalue weighted by Crippen LogP contribution is 2.36. The molecule has 3 rings (SSSR count). The minimum Gasteiger partial charge on any atom is -0.497 e. The standard InChI is InChI=1S/C19H24BNO4/c1-18(2)19(3,4)25-20(24-18)15-10-11-21-17(12-15)23-13-14-6-8-16(22-5)9-7-14/h6-12H,13H2,1-5H3. The van der Waals surface area contributed by atoms with Crippen molar-refractivity contribution in [2.24, 2.45) is 0 Å². The monoisotopic (exact) mass is 341 g/mol. The Kier molecular flexibility index (Phi) is 4.76. The summed E-state index contributed by atoms with van der Waals surface area (Å²) in [4.78, 5) is 4.27. The third-order valence-corrected chi connectivity index (χ3v) is 4.83. The highest BCUT2D eigenvalue weighted by molar-refractivity contribution is 6.62. The van der Waals surface area contributed by atoms with Crippen LogP contribution in [0.4, 0.5) is 0 Å². The predicted molar refractivity (Wildman–Crippen MR) is 97.3 cm³/mol. The molecule has 1 aromatic carbocycles. The molecule has 2 aromatic rings. The molecule has 1 saturated heterocycles.